The molecule has 3 aromatic rings. The summed E-state index contributed by atoms with van der Waals surface area (Å²) in [6.07, 6.45) is 5.61. The van der Waals surface area contributed by atoms with Gasteiger partial charge in [-0.3, -0.25) is 9.59 Å². The molecule has 1 saturated heterocycles. The molecule has 0 spiro atoms. The first-order valence-electron chi connectivity index (χ1n) is 9.92. The third-order valence-electron chi connectivity index (χ3n) is 5.25. The van der Waals surface area contributed by atoms with Crippen LogP contribution < -0.4 is 5.32 Å². The molecule has 1 N–H and O–H groups in total. The fourth-order valence-corrected chi connectivity index (χ4v) is 3.66. The van der Waals surface area contributed by atoms with Gasteiger partial charge in [-0.1, -0.05) is 30.3 Å². The average molecular weight is 388 g/mol. The van der Waals surface area contributed by atoms with Gasteiger partial charge in [0.05, 0.1) is 18.0 Å². The fraction of sp³-hybridized carbons (Fsp3) is 0.261. The average Bonchev–Trinajstić information content (AvgIpc) is 3.30. The number of anilines is 1. The van der Waals surface area contributed by atoms with E-state index in [1.165, 1.54) is 0 Å². The Morgan fingerprint density at radius 1 is 1.03 bits per heavy atom. The fourth-order valence-electron chi connectivity index (χ4n) is 3.66. The molecule has 1 aliphatic rings. The number of nitrogens with zero attached hydrogens (tertiary/aromatic N) is 3. The number of rotatable bonds is 5. The first-order chi connectivity index (χ1) is 14.2. The Balaban J connectivity index is 1.34. The van der Waals surface area contributed by atoms with Crippen molar-refractivity contribution in [1.82, 2.24) is 14.7 Å². The van der Waals surface area contributed by atoms with Gasteiger partial charge in [-0.15, -0.1) is 0 Å². The van der Waals surface area contributed by atoms with Crippen LogP contribution in [0.5, 0.6) is 0 Å². The smallest absolute Gasteiger partial charge is 0.229 e. The first kappa shape index (κ1) is 18.9. The summed E-state index contributed by atoms with van der Waals surface area (Å²) in [5.41, 5.74) is 2.71. The van der Waals surface area contributed by atoms with Crippen LogP contribution in [-0.2, 0) is 16.0 Å². The maximum absolute atomic E-state index is 12.8. The number of benzene rings is 2. The van der Waals surface area contributed by atoms with Crippen LogP contribution in [0.1, 0.15) is 18.4 Å². The van der Waals surface area contributed by atoms with Crippen LogP contribution in [0.25, 0.3) is 5.69 Å². The van der Waals surface area contributed by atoms with Crippen LogP contribution in [0.4, 0.5) is 5.69 Å². The number of piperidine rings is 1. The monoisotopic (exact) mass is 388 g/mol. The number of amides is 2. The number of carbonyl (C=O) groups is 2. The minimum atomic E-state index is -0.171. The molecule has 2 amide bonds. The molecule has 2 aromatic carbocycles. The summed E-state index contributed by atoms with van der Waals surface area (Å²) in [4.78, 5) is 27.2. The molecule has 1 aliphatic heterocycles. The Morgan fingerprint density at radius 3 is 2.55 bits per heavy atom. The normalized spacial score (nSPS) is 16.4. The van der Waals surface area contributed by atoms with Crippen molar-refractivity contribution in [2.24, 2.45) is 5.92 Å². The highest BCUT2D eigenvalue weighted by molar-refractivity contribution is 5.93. The van der Waals surface area contributed by atoms with E-state index < -0.39 is 0 Å². The van der Waals surface area contributed by atoms with Gasteiger partial charge in [0.1, 0.15) is 0 Å². The molecule has 1 unspecified atom stereocenters. The first-order valence-corrected chi connectivity index (χ1v) is 9.92. The third-order valence-corrected chi connectivity index (χ3v) is 5.25. The second-order valence-corrected chi connectivity index (χ2v) is 7.33. The molecule has 0 aliphatic carbocycles. The zero-order valence-electron chi connectivity index (χ0n) is 16.2. The van der Waals surface area contributed by atoms with Crippen molar-refractivity contribution in [3.63, 3.8) is 0 Å². The number of carbonyl (C=O) groups excluding carboxylic acids is 2. The van der Waals surface area contributed by atoms with E-state index in [0.29, 0.717) is 19.5 Å². The quantitative estimate of drug-likeness (QED) is 0.729. The Morgan fingerprint density at radius 2 is 1.83 bits per heavy atom. The lowest BCUT2D eigenvalue weighted by atomic mass is 9.96. The van der Waals surface area contributed by atoms with Crippen LogP contribution in [0, 0.1) is 5.92 Å². The minimum absolute atomic E-state index is 0.0164. The molecule has 2 heterocycles. The van der Waals surface area contributed by atoms with E-state index in [1.807, 2.05) is 71.8 Å². The standard InChI is InChI=1S/C23H24N4O2/c28-22(16-18-9-11-21(12-10-18)27-15-5-13-24-27)26-14-4-6-19(17-26)23(29)25-20-7-2-1-3-8-20/h1-3,5,7-13,15,19H,4,6,14,16-17H2,(H,25,29). The molecule has 1 fully saturated rings. The highest BCUT2D eigenvalue weighted by Crippen LogP contribution is 2.20. The van der Waals surface area contributed by atoms with Crippen LogP contribution in [0.2, 0.25) is 0 Å². The van der Waals surface area contributed by atoms with E-state index in [2.05, 4.69) is 10.4 Å². The van der Waals surface area contributed by atoms with E-state index in [-0.39, 0.29) is 17.7 Å². The van der Waals surface area contributed by atoms with Crippen LogP contribution in [0.15, 0.2) is 73.1 Å². The van der Waals surface area contributed by atoms with Gasteiger partial charge >= 0.3 is 0 Å². The SMILES string of the molecule is O=C(Nc1ccccc1)C1CCCN(C(=O)Cc2ccc(-n3cccn3)cc2)C1. The molecule has 4 rings (SSSR count). The van der Waals surface area contributed by atoms with E-state index >= 15 is 0 Å². The molecule has 1 aromatic heterocycles. The number of hydrogen-bond acceptors (Lipinski definition) is 3. The van der Waals surface area contributed by atoms with Crippen molar-refractivity contribution in [2.75, 3.05) is 18.4 Å². The third kappa shape index (κ3) is 4.71. The molecule has 0 radical (unpaired) electrons. The van der Waals surface area contributed by atoms with Crippen LogP contribution in [-0.4, -0.2) is 39.6 Å². The lowest BCUT2D eigenvalue weighted by Crippen LogP contribution is -2.44. The minimum Gasteiger partial charge on any atom is -0.342 e. The largest absolute Gasteiger partial charge is 0.342 e. The van der Waals surface area contributed by atoms with E-state index in [1.54, 1.807) is 10.9 Å². The van der Waals surface area contributed by atoms with E-state index in [9.17, 15) is 9.59 Å². The van der Waals surface area contributed by atoms with E-state index in [4.69, 9.17) is 0 Å². The molecule has 0 bridgehead atoms. The summed E-state index contributed by atoms with van der Waals surface area (Å²) in [7, 11) is 0. The van der Waals surface area contributed by atoms with Gasteiger partial charge < -0.3 is 10.2 Å². The van der Waals surface area contributed by atoms with Crippen molar-refractivity contribution in [1.29, 1.82) is 0 Å². The highest BCUT2D eigenvalue weighted by Gasteiger charge is 2.28. The van der Waals surface area contributed by atoms with Crippen molar-refractivity contribution < 1.29 is 9.59 Å². The molecule has 148 valence electrons. The summed E-state index contributed by atoms with van der Waals surface area (Å²) in [6, 6.07) is 19.2. The van der Waals surface area contributed by atoms with Gasteiger partial charge in [0.25, 0.3) is 0 Å². The van der Waals surface area contributed by atoms with Crippen molar-refractivity contribution in [3.8, 4) is 5.69 Å². The van der Waals surface area contributed by atoms with Crippen molar-refractivity contribution in [3.05, 3.63) is 78.6 Å². The maximum atomic E-state index is 12.8. The molecule has 1 atom stereocenters. The van der Waals surface area contributed by atoms with Gasteiger partial charge in [-0.2, -0.15) is 5.10 Å². The Hall–Kier alpha value is -3.41. The number of aromatic nitrogens is 2. The number of nitrogens with one attached hydrogen (secondary N) is 1. The number of likely N-dealkylation sites (tertiary alicyclic amines) is 1. The maximum Gasteiger partial charge on any atom is 0.229 e. The highest BCUT2D eigenvalue weighted by atomic mass is 16.2. The predicted octanol–water partition coefficient (Wildman–Crippen LogP) is 3.29. The van der Waals surface area contributed by atoms with Gasteiger partial charge in [0, 0.05) is 31.2 Å². The predicted molar refractivity (Wildman–Crippen MR) is 112 cm³/mol. The number of para-hydroxylation sites is 1. The molecule has 6 heteroatoms. The van der Waals surface area contributed by atoms with Crippen LogP contribution in [0.3, 0.4) is 0 Å². The molecular formula is C23H24N4O2. The molecule has 6 nitrogen and oxygen atoms in total. The zero-order chi connectivity index (χ0) is 20.1. The van der Waals surface area contributed by atoms with Gasteiger partial charge in [-0.25, -0.2) is 4.68 Å². The second-order valence-electron chi connectivity index (χ2n) is 7.33. The summed E-state index contributed by atoms with van der Waals surface area (Å²) in [5, 5.41) is 7.16. The van der Waals surface area contributed by atoms with Gasteiger partial charge in [-0.05, 0) is 48.7 Å². The molecule has 29 heavy (non-hydrogen) atoms. The lowest BCUT2D eigenvalue weighted by molar-refractivity contribution is -0.133. The number of hydrogen-bond donors (Lipinski definition) is 1. The second kappa shape index (κ2) is 8.73. The van der Waals surface area contributed by atoms with E-state index in [0.717, 1.165) is 29.8 Å². The Bertz CT molecular complexity index is 952. The summed E-state index contributed by atoms with van der Waals surface area (Å²) in [5.74, 6) is -0.124. The van der Waals surface area contributed by atoms with Gasteiger partial charge in [0.15, 0.2) is 0 Å². The van der Waals surface area contributed by atoms with Gasteiger partial charge in [0.2, 0.25) is 11.8 Å². The summed E-state index contributed by atoms with van der Waals surface area (Å²) in [6.45, 7) is 1.18. The van der Waals surface area contributed by atoms with Crippen molar-refractivity contribution in [2.45, 2.75) is 19.3 Å². The summed E-state index contributed by atoms with van der Waals surface area (Å²) >= 11 is 0. The summed E-state index contributed by atoms with van der Waals surface area (Å²) < 4.78 is 1.78. The van der Waals surface area contributed by atoms with Crippen LogP contribution >= 0.6 is 0 Å². The Labute approximate surface area is 170 Å². The van der Waals surface area contributed by atoms with Crippen molar-refractivity contribution >= 4 is 17.5 Å². The molecule has 0 saturated carbocycles. The lowest BCUT2D eigenvalue weighted by Gasteiger charge is -2.32. The Kier molecular flexibility index (Phi) is 5.70. The zero-order valence-corrected chi connectivity index (χ0v) is 16.2. The molecular weight excluding hydrogens is 364 g/mol. The topological polar surface area (TPSA) is 67.2 Å².